The monoisotopic (exact) mass is 448 g/mol. The standard InChI is InChI=1S/C26H36N6O/c1-19-30-31-24(32(19)5)18-29-25(28-17-21-9-13-23(33-6)14-10-21)27-16-15-20-7-11-22(12-8-20)26(2,3)4/h7-14H,15-18H2,1-6H3,(H2,27,28,29). The first-order valence-corrected chi connectivity index (χ1v) is 11.4. The second-order valence-corrected chi connectivity index (χ2v) is 9.21. The van der Waals surface area contributed by atoms with E-state index in [1.165, 1.54) is 11.1 Å². The van der Waals surface area contributed by atoms with Gasteiger partial charge in [0.25, 0.3) is 0 Å². The van der Waals surface area contributed by atoms with Crippen molar-refractivity contribution in [1.29, 1.82) is 0 Å². The molecule has 7 heteroatoms. The third-order valence-electron chi connectivity index (χ3n) is 5.70. The van der Waals surface area contributed by atoms with Crippen molar-refractivity contribution in [3.8, 4) is 5.75 Å². The number of hydrogen-bond donors (Lipinski definition) is 2. The van der Waals surface area contributed by atoms with Crippen molar-refractivity contribution in [2.75, 3.05) is 13.7 Å². The van der Waals surface area contributed by atoms with Crippen LogP contribution in [0.4, 0.5) is 0 Å². The highest BCUT2D eigenvalue weighted by Crippen LogP contribution is 2.22. The van der Waals surface area contributed by atoms with Gasteiger partial charge in [-0.2, -0.15) is 0 Å². The fourth-order valence-electron chi connectivity index (χ4n) is 3.34. The van der Waals surface area contributed by atoms with Gasteiger partial charge < -0.3 is 19.9 Å². The SMILES string of the molecule is COc1ccc(CN=C(NCCc2ccc(C(C)(C)C)cc2)NCc2nnc(C)n2C)cc1. The molecule has 176 valence electrons. The molecule has 0 spiro atoms. The van der Waals surface area contributed by atoms with Crippen LogP contribution < -0.4 is 15.4 Å². The molecule has 3 rings (SSSR count). The van der Waals surface area contributed by atoms with Crippen molar-refractivity contribution < 1.29 is 4.74 Å². The lowest BCUT2D eigenvalue weighted by Crippen LogP contribution is -2.38. The third kappa shape index (κ3) is 7.07. The lowest BCUT2D eigenvalue weighted by atomic mass is 9.86. The average Bonchev–Trinajstić information content (AvgIpc) is 3.12. The molecule has 0 unspecified atom stereocenters. The molecule has 0 amide bonds. The Morgan fingerprint density at radius 2 is 1.64 bits per heavy atom. The van der Waals surface area contributed by atoms with Crippen LogP contribution in [0, 0.1) is 6.92 Å². The number of nitrogens with one attached hydrogen (secondary N) is 2. The Kier molecular flexibility index (Phi) is 8.09. The summed E-state index contributed by atoms with van der Waals surface area (Å²) in [7, 11) is 3.64. The van der Waals surface area contributed by atoms with Crippen LogP contribution in [0.15, 0.2) is 53.5 Å². The first kappa shape index (κ1) is 24.3. The van der Waals surface area contributed by atoms with Crippen molar-refractivity contribution >= 4 is 5.96 Å². The zero-order valence-electron chi connectivity index (χ0n) is 20.6. The maximum Gasteiger partial charge on any atom is 0.191 e. The average molecular weight is 449 g/mol. The quantitative estimate of drug-likeness (QED) is 0.404. The summed E-state index contributed by atoms with van der Waals surface area (Å²) in [5.41, 5.74) is 3.93. The summed E-state index contributed by atoms with van der Waals surface area (Å²) in [5, 5.41) is 15.2. The topological polar surface area (TPSA) is 76.4 Å². The first-order chi connectivity index (χ1) is 15.8. The summed E-state index contributed by atoms with van der Waals surface area (Å²) in [6, 6.07) is 16.8. The zero-order chi connectivity index (χ0) is 23.8. The Hall–Kier alpha value is -3.35. The van der Waals surface area contributed by atoms with Gasteiger partial charge in [-0.05, 0) is 47.6 Å². The molecule has 0 aliphatic carbocycles. The third-order valence-corrected chi connectivity index (χ3v) is 5.70. The van der Waals surface area contributed by atoms with Crippen LogP contribution in [-0.2, 0) is 32.0 Å². The number of guanidine groups is 1. The molecule has 7 nitrogen and oxygen atoms in total. The summed E-state index contributed by atoms with van der Waals surface area (Å²) in [5.74, 6) is 3.34. The van der Waals surface area contributed by atoms with Crippen LogP contribution in [-0.4, -0.2) is 34.4 Å². The van der Waals surface area contributed by atoms with Gasteiger partial charge in [-0.15, -0.1) is 10.2 Å². The van der Waals surface area contributed by atoms with E-state index >= 15 is 0 Å². The Labute approximate surface area is 197 Å². The van der Waals surface area contributed by atoms with Gasteiger partial charge in [-0.1, -0.05) is 57.2 Å². The van der Waals surface area contributed by atoms with Crippen LogP contribution in [0.1, 0.15) is 49.1 Å². The molecule has 0 fully saturated rings. The predicted molar refractivity (Wildman–Crippen MR) is 134 cm³/mol. The van der Waals surface area contributed by atoms with Crippen molar-refractivity contribution in [3.05, 3.63) is 76.9 Å². The minimum absolute atomic E-state index is 0.167. The number of ether oxygens (including phenoxy) is 1. The first-order valence-electron chi connectivity index (χ1n) is 11.4. The van der Waals surface area contributed by atoms with Gasteiger partial charge in [-0.3, -0.25) is 0 Å². The molecule has 2 N–H and O–H groups in total. The molecule has 0 saturated heterocycles. The van der Waals surface area contributed by atoms with Crippen LogP contribution in [0.2, 0.25) is 0 Å². The van der Waals surface area contributed by atoms with Gasteiger partial charge in [-0.25, -0.2) is 4.99 Å². The molecule has 1 aromatic heterocycles. The Morgan fingerprint density at radius 1 is 0.970 bits per heavy atom. The van der Waals surface area contributed by atoms with E-state index in [4.69, 9.17) is 9.73 Å². The minimum atomic E-state index is 0.167. The summed E-state index contributed by atoms with van der Waals surface area (Å²) >= 11 is 0. The molecule has 0 radical (unpaired) electrons. The van der Waals surface area contributed by atoms with Crippen molar-refractivity contribution in [2.24, 2.45) is 12.0 Å². The number of nitrogens with zero attached hydrogens (tertiary/aromatic N) is 4. The largest absolute Gasteiger partial charge is 0.497 e. The lowest BCUT2D eigenvalue weighted by Gasteiger charge is -2.19. The molecular weight excluding hydrogens is 412 g/mol. The Morgan fingerprint density at radius 3 is 2.21 bits per heavy atom. The summed E-state index contributed by atoms with van der Waals surface area (Å²) in [4.78, 5) is 4.77. The van der Waals surface area contributed by atoms with Crippen LogP contribution in [0.3, 0.4) is 0 Å². The van der Waals surface area contributed by atoms with Gasteiger partial charge in [0.2, 0.25) is 0 Å². The van der Waals surface area contributed by atoms with Crippen molar-refractivity contribution in [1.82, 2.24) is 25.4 Å². The highest BCUT2D eigenvalue weighted by Gasteiger charge is 2.13. The number of hydrogen-bond acceptors (Lipinski definition) is 4. The summed E-state index contributed by atoms with van der Waals surface area (Å²) in [6.07, 6.45) is 0.913. The molecule has 0 atom stereocenters. The van der Waals surface area contributed by atoms with E-state index in [0.29, 0.717) is 13.1 Å². The number of aryl methyl sites for hydroxylation is 1. The van der Waals surface area contributed by atoms with E-state index in [2.05, 4.69) is 65.9 Å². The summed E-state index contributed by atoms with van der Waals surface area (Å²) in [6.45, 7) is 10.5. The van der Waals surface area contributed by atoms with Crippen LogP contribution in [0.5, 0.6) is 5.75 Å². The van der Waals surface area contributed by atoms with Gasteiger partial charge in [0.1, 0.15) is 11.6 Å². The normalized spacial score (nSPS) is 12.0. The molecule has 33 heavy (non-hydrogen) atoms. The maximum absolute atomic E-state index is 5.24. The van der Waals surface area contributed by atoms with E-state index in [1.807, 2.05) is 42.8 Å². The molecular formula is C26H36N6O. The van der Waals surface area contributed by atoms with Gasteiger partial charge in [0.15, 0.2) is 11.8 Å². The van der Waals surface area contributed by atoms with Gasteiger partial charge >= 0.3 is 0 Å². The lowest BCUT2D eigenvalue weighted by molar-refractivity contribution is 0.414. The van der Waals surface area contributed by atoms with Gasteiger partial charge in [0, 0.05) is 13.6 Å². The fourth-order valence-corrected chi connectivity index (χ4v) is 3.34. The number of rotatable bonds is 8. The Balaban J connectivity index is 1.62. The highest BCUT2D eigenvalue weighted by atomic mass is 16.5. The van der Waals surface area contributed by atoms with Crippen molar-refractivity contribution in [2.45, 2.75) is 52.6 Å². The molecule has 0 saturated carbocycles. The molecule has 0 aliphatic heterocycles. The van der Waals surface area contributed by atoms with Crippen LogP contribution in [0.25, 0.3) is 0 Å². The van der Waals surface area contributed by atoms with E-state index in [1.54, 1.807) is 7.11 Å². The zero-order valence-corrected chi connectivity index (χ0v) is 20.6. The number of aliphatic imine (C=N–C) groups is 1. The molecule has 1 heterocycles. The number of benzene rings is 2. The van der Waals surface area contributed by atoms with E-state index in [0.717, 1.165) is 41.9 Å². The maximum atomic E-state index is 5.24. The van der Waals surface area contributed by atoms with Crippen molar-refractivity contribution in [3.63, 3.8) is 0 Å². The van der Waals surface area contributed by atoms with Crippen LogP contribution >= 0.6 is 0 Å². The molecule has 2 aromatic carbocycles. The predicted octanol–water partition coefficient (Wildman–Crippen LogP) is 3.91. The minimum Gasteiger partial charge on any atom is -0.497 e. The van der Waals surface area contributed by atoms with E-state index in [9.17, 15) is 0 Å². The number of methoxy groups -OCH3 is 1. The second-order valence-electron chi connectivity index (χ2n) is 9.21. The molecule has 0 aliphatic rings. The number of aromatic nitrogens is 3. The van der Waals surface area contributed by atoms with Gasteiger partial charge in [0.05, 0.1) is 20.2 Å². The molecule has 0 bridgehead atoms. The van der Waals surface area contributed by atoms with E-state index < -0.39 is 0 Å². The smallest absolute Gasteiger partial charge is 0.191 e. The molecule has 3 aromatic rings. The highest BCUT2D eigenvalue weighted by molar-refractivity contribution is 5.79. The fraction of sp³-hybridized carbons (Fsp3) is 0.423. The van der Waals surface area contributed by atoms with E-state index in [-0.39, 0.29) is 5.41 Å². The Bertz CT molecular complexity index is 1050. The second kappa shape index (κ2) is 11.0. The summed E-state index contributed by atoms with van der Waals surface area (Å²) < 4.78 is 7.22.